The third-order valence-electron chi connectivity index (χ3n) is 6.26. The molecule has 1 aromatic heterocycles. The summed E-state index contributed by atoms with van der Waals surface area (Å²) in [4.78, 5) is 9.06. The Hall–Kier alpha value is -3.11. The summed E-state index contributed by atoms with van der Waals surface area (Å²) in [5.74, 6) is 0.507. The number of hydrogen-bond donors (Lipinski definition) is 1. The Labute approximate surface area is 208 Å². The minimum atomic E-state index is -4.35. The number of allylic oxidation sites excluding steroid dienone is 4. The Balaban J connectivity index is 1.55. The van der Waals surface area contributed by atoms with Crippen LogP contribution >= 0.6 is 0 Å². The van der Waals surface area contributed by atoms with Gasteiger partial charge >= 0.3 is 6.18 Å². The number of methoxy groups -OCH3 is 2. The number of alkyl halides is 3. The molecule has 0 amide bonds. The highest BCUT2D eigenvalue weighted by Gasteiger charge is 2.41. The molecule has 1 atom stereocenters. The van der Waals surface area contributed by atoms with E-state index in [1.54, 1.807) is 33.3 Å². The molecule has 1 saturated heterocycles. The zero-order valence-corrected chi connectivity index (χ0v) is 20.6. The van der Waals surface area contributed by atoms with Gasteiger partial charge in [-0.1, -0.05) is 30.4 Å². The normalized spacial score (nSPS) is 19.4. The van der Waals surface area contributed by atoms with E-state index in [1.165, 1.54) is 6.08 Å². The number of nitrogens with one attached hydrogen (secondary N) is 1. The molecule has 1 aromatic carbocycles. The van der Waals surface area contributed by atoms with Crippen molar-refractivity contribution in [1.29, 1.82) is 0 Å². The standard InChI is InChI=1S/C26H30F3N3O4/c1-16-8-18(6-5-7-20(16)26(27,28)29)11-30-24-19-9-23(36-15-25(12-33-3)13-35-14-25)22(34-4)10-21(19)31-17(2)32-24/h5-7,9-10,20H,1,8,11-15H2,2-4H3,(H,30,31,32). The molecule has 36 heavy (non-hydrogen) atoms. The Morgan fingerprint density at radius 2 is 1.94 bits per heavy atom. The minimum absolute atomic E-state index is 0.110. The molecule has 2 heterocycles. The number of halogens is 3. The van der Waals surface area contributed by atoms with Crippen molar-refractivity contribution in [3.63, 3.8) is 0 Å². The first-order valence-corrected chi connectivity index (χ1v) is 11.5. The van der Waals surface area contributed by atoms with E-state index in [0.717, 1.165) is 11.6 Å². The highest BCUT2D eigenvalue weighted by atomic mass is 19.4. The van der Waals surface area contributed by atoms with Crippen LogP contribution in [0, 0.1) is 18.3 Å². The largest absolute Gasteiger partial charge is 0.493 e. The fourth-order valence-electron chi connectivity index (χ4n) is 4.35. The summed E-state index contributed by atoms with van der Waals surface area (Å²) < 4.78 is 62.2. The van der Waals surface area contributed by atoms with Gasteiger partial charge in [-0.25, -0.2) is 9.97 Å². The van der Waals surface area contributed by atoms with Gasteiger partial charge < -0.3 is 24.3 Å². The zero-order valence-electron chi connectivity index (χ0n) is 20.6. The summed E-state index contributed by atoms with van der Waals surface area (Å²) >= 11 is 0. The molecule has 7 nitrogen and oxygen atoms in total. The van der Waals surface area contributed by atoms with Crippen LogP contribution < -0.4 is 14.8 Å². The number of nitrogens with zero attached hydrogens (tertiary/aromatic N) is 2. The second kappa shape index (κ2) is 10.5. The van der Waals surface area contributed by atoms with Crippen LogP contribution in [0.2, 0.25) is 0 Å². The minimum Gasteiger partial charge on any atom is -0.493 e. The van der Waals surface area contributed by atoms with Crippen LogP contribution in [0.3, 0.4) is 0 Å². The van der Waals surface area contributed by atoms with Crippen molar-refractivity contribution < 1.29 is 32.1 Å². The number of rotatable bonds is 9. The van der Waals surface area contributed by atoms with Gasteiger partial charge in [0.15, 0.2) is 11.5 Å². The van der Waals surface area contributed by atoms with Gasteiger partial charge in [-0.2, -0.15) is 13.2 Å². The van der Waals surface area contributed by atoms with Crippen LogP contribution in [0.5, 0.6) is 11.5 Å². The molecule has 1 unspecified atom stereocenters. The van der Waals surface area contributed by atoms with E-state index in [0.29, 0.717) is 67.0 Å². The summed E-state index contributed by atoms with van der Waals surface area (Å²) in [7, 11) is 3.21. The number of hydrogen-bond acceptors (Lipinski definition) is 7. The van der Waals surface area contributed by atoms with Gasteiger partial charge in [0, 0.05) is 25.1 Å². The molecule has 2 aliphatic rings. The summed E-state index contributed by atoms with van der Waals surface area (Å²) in [6.07, 6.45) is 0.0469. The first kappa shape index (κ1) is 26.0. The number of ether oxygens (including phenoxy) is 4. The van der Waals surface area contributed by atoms with Crippen molar-refractivity contribution in [2.45, 2.75) is 19.5 Å². The summed E-state index contributed by atoms with van der Waals surface area (Å²) in [6, 6.07) is 3.60. The Morgan fingerprint density at radius 1 is 1.17 bits per heavy atom. The molecule has 1 aliphatic carbocycles. The molecule has 194 valence electrons. The SMILES string of the molecule is C=C1CC(CNc2nc(C)nc3cc(OC)c(OCC4(COC)COC4)cc23)=CC=CC1C(F)(F)F. The van der Waals surface area contributed by atoms with Crippen LogP contribution in [0.1, 0.15) is 12.2 Å². The lowest BCUT2D eigenvalue weighted by molar-refractivity contribution is -0.159. The van der Waals surface area contributed by atoms with E-state index < -0.39 is 12.1 Å². The van der Waals surface area contributed by atoms with E-state index >= 15 is 0 Å². The lowest BCUT2D eigenvalue weighted by atomic mass is 9.88. The topological polar surface area (TPSA) is 74.7 Å². The van der Waals surface area contributed by atoms with E-state index in [2.05, 4.69) is 21.9 Å². The maximum Gasteiger partial charge on any atom is 0.398 e. The smallest absolute Gasteiger partial charge is 0.398 e. The summed E-state index contributed by atoms with van der Waals surface area (Å²) in [6.45, 7) is 7.76. The Morgan fingerprint density at radius 3 is 2.58 bits per heavy atom. The zero-order chi connectivity index (χ0) is 25.9. The number of benzene rings is 1. The number of aromatic nitrogens is 2. The third kappa shape index (κ3) is 5.65. The van der Waals surface area contributed by atoms with Gasteiger partial charge in [0.2, 0.25) is 0 Å². The van der Waals surface area contributed by atoms with Gasteiger partial charge in [0.05, 0.1) is 43.8 Å². The van der Waals surface area contributed by atoms with Crippen molar-refractivity contribution in [2.24, 2.45) is 11.3 Å². The van der Waals surface area contributed by atoms with E-state index in [-0.39, 0.29) is 17.4 Å². The molecule has 1 aliphatic heterocycles. The molecule has 2 aromatic rings. The maximum atomic E-state index is 13.3. The second-order valence-corrected chi connectivity index (χ2v) is 9.27. The van der Waals surface area contributed by atoms with Gasteiger partial charge in [0.25, 0.3) is 0 Å². The van der Waals surface area contributed by atoms with Gasteiger partial charge in [-0.15, -0.1) is 0 Å². The Bertz CT molecular complexity index is 1190. The van der Waals surface area contributed by atoms with Crippen molar-refractivity contribution in [3.05, 3.63) is 53.9 Å². The first-order chi connectivity index (χ1) is 17.1. The molecule has 4 rings (SSSR count). The predicted octanol–water partition coefficient (Wildman–Crippen LogP) is 5.02. The van der Waals surface area contributed by atoms with Gasteiger partial charge in [-0.3, -0.25) is 0 Å². The summed E-state index contributed by atoms with van der Waals surface area (Å²) in [5, 5.41) is 3.98. The predicted molar refractivity (Wildman–Crippen MR) is 130 cm³/mol. The highest BCUT2D eigenvalue weighted by Crippen LogP contribution is 2.38. The quantitative estimate of drug-likeness (QED) is 0.480. The molecular formula is C26H30F3N3O4. The van der Waals surface area contributed by atoms with Crippen LogP contribution in [-0.4, -0.2) is 63.3 Å². The van der Waals surface area contributed by atoms with E-state index in [1.807, 2.05) is 6.07 Å². The molecule has 10 heteroatoms. The van der Waals surface area contributed by atoms with E-state index in [9.17, 15) is 13.2 Å². The first-order valence-electron chi connectivity index (χ1n) is 11.5. The average Bonchev–Trinajstić information content (AvgIpc) is 2.99. The molecule has 0 spiro atoms. The number of anilines is 1. The molecular weight excluding hydrogens is 475 g/mol. The van der Waals surface area contributed by atoms with Crippen molar-refractivity contribution in [3.8, 4) is 11.5 Å². The lowest BCUT2D eigenvalue weighted by Crippen LogP contribution is -2.50. The van der Waals surface area contributed by atoms with Crippen molar-refractivity contribution >= 4 is 16.7 Å². The Kier molecular flexibility index (Phi) is 7.56. The summed E-state index contributed by atoms with van der Waals surface area (Å²) in [5.41, 5.74) is 1.32. The highest BCUT2D eigenvalue weighted by molar-refractivity contribution is 5.92. The van der Waals surface area contributed by atoms with Crippen LogP contribution in [0.25, 0.3) is 10.9 Å². The molecule has 0 radical (unpaired) electrons. The maximum absolute atomic E-state index is 13.3. The second-order valence-electron chi connectivity index (χ2n) is 9.27. The number of fused-ring (bicyclic) bond motifs is 1. The average molecular weight is 506 g/mol. The molecule has 0 bridgehead atoms. The monoisotopic (exact) mass is 505 g/mol. The van der Waals surface area contributed by atoms with Crippen LogP contribution in [0.15, 0.2) is 48.1 Å². The molecule has 1 N–H and O–H groups in total. The fourth-order valence-corrected chi connectivity index (χ4v) is 4.35. The van der Waals surface area contributed by atoms with Gasteiger partial charge in [-0.05, 0) is 25.0 Å². The van der Waals surface area contributed by atoms with E-state index in [4.69, 9.17) is 18.9 Å². The molecule has 1 fully saturated rings. The van der Waals surface area contributed by atoms with Crippen LogP contribution in [0.4, 0.5) is 19.0 Å². The molecule has 0 saturated carbocycles. The van der Waals surface area contributed by atoms with Crippen molar-refractivity contribution in [1.82, 2.24) is 9.97 Å². The fraction of sp³-hybridized carbons (Fsp3) is 0.462. The third-order valence-corrected chi connectivity index (χ3v) is 6.26. The van der Waals surface area contributed by atoms with Gasteiger partial charge in [0.1, 0.15) is 18.2 Å². The lowest BCUT2D eigenvalue weighted by Gasteiger charge is -2.40. The number of aryl methyl sites for hydroxylation is 1. The van der Waals surface area contributed by atoms with Crippen molar-refractivity contribution in [2.75, 3.05) is 52.5 Å². The van der Waals surface area contributed by atoms with Crippen LogP contribution in [-0.2, 0) is 9.47 Å².